The summed E-state index contributed by atoms with van der Waals surface area (Å²) >= 11 is 3.23. The van der Waals surface area contributed by atoms with Gasteiger partial charge in [0, 0.05) is 16.4 Å². The first-order valence-corrected chi connectivity index (χ1v) is 8.38. The number of nitrogens with zero attached hydrogens (tertiary/aromatic N) is 1. The number of thiophene rings is 1. The topological polar surface area (TPSA) is 54.6 Å². The van der Waals surface area contributed by atoms with E-state index in [0.29, 0.717) is 6.42 Å². The highest BCUT2D eigenvalue weighted by molar-refractivity contribution is 8.00. The summed E-state index contributed by atoms with van der Waals surface area (Å²) in [7, 11) is 0. The van der Waals surface area contributed by atoms with Gasteiger partial charge in [0.2, 0.25) is 5.91 Å². The Morgan fingerprint density at radius 1 is 1.40 bits per heavy atom. The van der Waals surface area contributed by atoms with Gasteiger partial charge in [-0.1, -0.05) is 32.5 Å². The second-order valence-corrected chi connectivity index (χ2v) is 8.18. The van der Waals surface area contributed by atoms with Crippen molar-refractivity contribution >= 4 is 34.7 Å². The molecule has 0 aliphatic carbocycles. The van der Waals surface area contributed by atoms with Crippen molar-refractivity contribution in [2.24, 2.45) is 5.41 Å². The maximum Gasteiger partial charge on any atom is 0.346 e. The zero-order valence-corrected chi connectivity index (χ0v) is 13.0. The van der Waals surface area contributed by atoms with Gasteiger partial charge >= 0.3 is 5.97 Å². The summed E-state index contributed by atoms with van der Waals surface area (Å²) in [6, 6.07) is 0. The average molecular weight is 313 g/mol. The van der Waals surface area contributed by atoms with Crippen molar-refractivity contribution in [2.75, 3.05) is 4.90 Å². The van der Waals surface area contributed by atoms with Gasteiger partial charge in [0.05, 0.1) is 17.5 Å². The number of amides is 1. The minimum atomic E-state index is -0.972. The largest absolute Gasteiger partial charge is 0.346 e. The Morgan fingerprint density at radius 3 is 2.75 bits per heavy atom. The molecular formula is C13H15NO4S2. The van der Waals surface area contributed by atoms with Crippen LogP contribution in [0.5, 0.6) is 0 Å². The fourth-order valence-electron chi connectivity index (χ4n) is 2.41. The van der Waals surface area contributed by atoms with Crippen LogP contribution in [-0.4, -0.2) is 17.3 Å². The van der Waals surface area contributed by atoms with Crippen molar-refractivity contribution < 1.29 is 19.3 Å². The van der Waals surface area contributed by atoms with E-state index < -0.39 is 5.97 Å². The maximum absolute atomic E-state index is 11.7. The molecule has 1 unspecified atom stereocenters. The van der Waals surface area contributed by atoms with Crippen LogP contribution in [0, 0.1) is 5.41 Å². The number of carbonyl (C=O) groups excluding carboxylic acids is 1. The van der Waals surface area contributed by atoms with Crippen molar-refractivity contribution in [3.05, 3.63) is 16.3 Å². The third-order valence-electron chi connectivity index (χ3n) is 3.79. The summed E-state index contributed by atoms with van der Waals surface area (Å²) in [5.41, 5.74) is 1.58. The Kier molecular flexibility index (Phi) is 2.61. The summed E-state index contributed by atoms with van der Waals surface area (Å²) in [5.74, 6) is -0.787. The molecule has 1 aromatic heterocycles. The number of carbonyl (C=O) groups is 1. The third kappa shape index (κ3) is 1.70. The van der Waals surface area contributed by atoms with Gasteiger partial charge in [0.25, 0.3) is 0 Å². The highest BCUT2D eigenvalue weighted by Gasteiger charge is 2.63. The molecule has 108 valence electrons. The summed E-state index contributed by atoms with van der Waals surface area (Å²) in [6.07, 6.45) is 0.573. The predicted octanol–water partition coefficient (Wildman–Crippen LogP) is 3.23. The van der Waals surface area contributed by atoms with Crippen LogP contribution in [0.25, 0.3) is 0 Å². The quantitative estimate of drug-likeness (QED) is 0.476. The second kappa shape index (κ2) is 3.98. The Bertz CT molecular complexity index is 575. The molecule has 20 heavy (non-hydrogen) atoms. The molecule has 1 aromatic rings. The zero-order chi connectivity index (χ0) is 14.1. The zero-order valence-electron chi connectivity index (χ0n) is 11.4. The molecule has 7 heteroatoms. The minimum absolute atomic E-state index is 0.160. The minimum Gasteiger partial charge on any atom is -0.304 e. The molecule has 3 aliphatic rings. The van der Waals surface area contributed by atoms with E-state index in [2.05, 4.69) is 0 Å². The van der Waals surface area contributed by atoms with Gasteiger partial charge < -0.3 is 4.74 Å². The molecule has 0 aromatic carbocycles. The molecule has 0 bridgehead atoms. The van der Waals surface area contributed by atoms with Crippen LogP contribution in [0.2, 0.25) is 0 Å². The lowest BCUT2D eigenvalue weighted by atomic mass is 9.94. The molecule has 2 saturated heterocycles. The number of ether oxygens (including phenoxy) is 1. The van der Waals surface area contributed by atoms with E-state index in [0.717, 1.165) is 11.3 Å². The van der Waals surface area contributed by atoms with Crippen LogP contribution in [0.15, 0.2) is 10.8 Å². The maximum atomic E-state index is 11.7. The molecule has 3 aliphatic heterocycles. The number of hydrogen-bond donors (Lipinski definition) is 0. The van der Waals surface area contributed by atoms with Crippen LogP contribution in [0.4, 0.5) is 5.69 Å². The average Bonchev–Trinajstić information content (AvgIpc) is 2.98. The van der Waals surface area contributed by atoms with Gasteiger partial charge in [0.15, 0.2) is 0 Å². The predicted molar refractivity (Wildman–Crippen MR) is 76.0 cm³/mol. The lowest BCUT2D eigenvalue weighted by Crippen LogP contribution is -2.53. The summed E-state index contributed by atoms with van der Waals surface area (Å²) in [6.45, 7) is 6.05. The Labute approximate surface area is 125 Å². The molecule has 2 atom stereocenters. The number of anilines is 1. The third-order valence-corrected chi connectivity index (χ3v) is 5.82. The van der Waals surface area contributed by atoms with Crippen molar-refractivity contribution in [3.8, 4) is 0 Å². The summed E-state index contributed by atoms with van der Waals surface area (Å²) < 4.78 is 6.11. The number of thioether (sulfide) groups is 1. The van der Waals surface area contributed by atoms with Gasteiger partial charge in [-0.05, 0) is 5.38 Å². The van der Waals surface area contributed by atoms with E-state index in [-0.39, 0.29) is 22.1 Å². The molecule has 0 saturated carbocycles. The Balaban J connectivity index is 1.63. The Hall–Kier alpha value is -0.600. The molecule has 0 spiro atoms. The highest BCUT2D eigenvalue weighted by Crippen LogP contribution is 2.57. The van der Waals surface area contributed by atoms with Gasteiger partial charge in [-0.25, -0.2) is 0 Å². The normalized spacial score (nSPS) is 30.6. The monoisotopic (exact) mass is 313 g/mol. The lowest BCUT2D eigenvalue weighted by molar-refractivity contribution is -0.139. The molecule has 4 rings (SSSR count). The van der Waals surface area contributed by atoms with E-state index >= 15 is 0 Å². The van der Waals surface area contributed by atoms with E-state index in [9.17, 15) is 4.79 Å². The van der Waals surface area contributed by atoms with Gasteiger partial charge in [-0.2, -0.15) is 9.78 Å². The van der Waals surface area contributed by atoms with E-state index in [1.165, 1.54) is 0 Å². The highest BCUT2D eigenvalue weighted by atomic mass is 32.2. The molecule has 1 amide bonds. The van der Waals surface area contributed by atoms with Gasteiger partial charge in [-0.15, -0.1) is 11.3 Å². The molecule has 0 radical (unpaired) electrons. The van der Waals surface area contributed by atoms with Crippen molar-refractivity contribution in [1.82, 2.24) is 0 Å². The first kappa shape index (κ1) is 13.1. The fourth-order valence-corrected chi connectivity index (χ4v) is 4.73. The van der Waals surface area contributed by atoms with Crippen LogP contribution in [0.3, 0.4) is 0 Å². The lowest BCUT2D eigenvalue weighted by Gasteiger charge is -2.45. The first-order valence-electron chi connectivity index (χ1n) is 6.49. The van der Waals surface area contributed by atoms with E-state index in [1.54, 1.807) is 23.1 Å². The fraction of sp³-hybridized carbons (Fsp3) is 0.615. The second-order valence-electron chi connectivity index (χ2n) is 6.19. The van der Waals surface area contributed by atoms with Crippen LogP contribution in [0.1, 0.15) is 38.2 Å². The van der Waals surface area contributed by atoms with Crippen LogP contribution in [-0.2, 0) is 19.3 Å². The standard InChI is InChI=1S/C13H15NO4S2/c1-12(2,3)13(17-18-13)16-11-7-5-19-6-8(7)14-9(15)4-10(14)20-11/h5-6,10-11H,4H2,1-3H3/t10-,11?/m0/s1. The number of fused-ring (bicyclic) bond motifs is 3. The SMILES string of the molecule is CC(C)(C)C1(OC2S[C@H]3CC(=O)N3c3cscc32)OO1. The molecule has 2 fully saturated rings. The van der Waals surface area contributed by atoms with E-state index in [4.69, 9.17) is 14.5 Å². The number of β-lactam (4-membered cyclic amide) rings is 1. The van der Waals surface area contributed by atoms with Crippen molar-refractivity contribution in [2.45, 2.75) is 44.0 Å². The van der Waals surface area contributed by atoms with E-state index in [1.807, 2.05) is 36.4 Å². The summed E-state index contributed by atoms with van der Waals surface area (Å²) in [5, 5.41) is 4.21. The van der Waals surface area contributed by atoms with Crippen LogP contribution >= 0.6 is 23.1 Å². The molecule has 0 N–H and O–H groups in total. The molecular weight excluding hydrogens is 298 g/mol. The van der Waals surface area contributed by atoms with Crippen molar-refractivity contribution in [3.63, 3.8) is 0 Å². The van der Waals surface area contributed by atoms with Crippen LogP contribution < -0.4 is 4.90 Å². The van der Waals surface area contributed by atoms with Gasteiger partial charge in [0.1, 0.15) is 5.44 Å². The smallest absolute Gasteiger partial charge is 0.304 e. The summed E-state index contributed by atoms with van der Waals surface area (Å²) in [4.78, 5) is 23.9. The Morgan fingerprint density at radius 2 is 2.15 bits per heavy atom. The number of rotatable bonds is 2. The number of hydrogen-bond acceptors (Lipinski definition) is 6. The van der Waals surface area contributed by atoms with Gasteiger partial charge in [-0.3, -0.25) is 9.69 Å². The van der Waals surface area contributed by atoms with Crippen molar-refractivity contribution in [1.29, 1.82) is 0 Å². The molecule has 5 nitrogen and oxygen atoms in total. The molecule has 4 heterocycles. The first-order chi connectivity index (χ1) is 9.41.